The van der Waals surface area contributed by atoms with E-state index in [1.54, 1.807) is 11.8 Å². The minimum absolute atomic E-state index is 0.0928. The van der Waals surface area contributed by atoms with Gasteiger partial charge in [0.1, 0.15) is 5.01 Å². The van der Waals surface area contributed by atoms with E-state index in [0.717, 1.165) is 39.9 Å². The van der Waals surface area contributed by atoms with Crippen molar-refractivity contribution in [3.63, 3.8) is 0 Å². The third-order valence-corrected chi connectivity index (χ3v) is 6.49. The van der Waals surface area contributed by atoms with Crippen molar-refractivity contribution in [2.45, 2.75) is 18.9 Å². The molecule has 154 valence electrons. The summed E-state index contributed by atoms with van der Waals surface area (Å²) in [5.74, 6) is 1.55. The zero-order valence-corrected chi connectivity index (χ0v) is 18.7. The molecule has 1 amide bonds. The van der Waals surface area contributed by atoms with Gasteiger partial charge >= 0.3 is 0 Å². The van der Waals surface area contributed by atoms with Gasteiger partial charge in [-0.25, -0.2) is 4.98 Å². The number of carbonyl (C=O) groups excluding carboxylic acids is 1. The Bertz CT molecular complexity index is 1160. The molecule has 30 heavy (non-hydrogen) atoms. The van der Waals surface area contributed by atoms with Crippen LogP contribution in [0.5, 0.6) is 0 Å². The largest absolute Gasteiger partial charge is 0.346 e. The number of fused-ring (bicyclic) bond motifs is 1. The minimum Gasteiger partial charge on any atom is -0.346 e. The second kappa shape index (κ2) is 9.59. The topological polar surface area (TPSA) is 72.2 Å². The number of thioether (sulfide) groups is 1. The predicted octanol–water partition coefficient (Wildman–Crippen LogP) is 4.66. The molecule has 0 aliphatic carbocycles. The highest BCUT2D eigenvalue weighted by Crippen LogP contribution is 2.30. The SMILES string of the molecule is CSCCC(NC(=O)Cc1csc(-c2ccccc2Cl)n1)c1nnc2ccccn12. The summed E-state index contributed by atoms with van der Waals surface area (Å²) in [5.41, 5.74) is 2.37. The maximum absolute atomic E-state index is 12.8. The molecule has 4 aromatic rings. The zero-order valence-electron chi connectivity index (χ0n) is 16.3. The van der Waals surface area contributed by atoms with Crippen LogP contribution >= 0.6 is 34.7 Å². The lowest BCUT2D eigenvalue weighted by molar-refractivity contribution is -0.121. The molecular weight excluding hydrogens is 438 g/mol. The zero-order chi connectivity index (χ0) is 20.9. The molecule has 9 heteroatoms. The number of carbonyl (C=O) groups is 1. The van der Waals surface area contributed by atoms with Gasteiger partial charge in [-0.15, -0.1) is 21.5 Å². The van der Waals surface area contributed by atoms with E-state index < -0.39 is 0 Å². The minimum atomic E-state index is -0.218. The number of rotatable bonds is 8. The maximum atomic E-state index is 12.8. The third-order valence-electron chi connectivity index (χ3n) is 4.60. The van der Waals surface area contributed by atoms with Crippen molar-refractivity contribution in [3.8, 4) is 10.6 Å². The van der Waals surface area contributed by atoms with Crippen molar-refractivity contribution in [1.82, 2.24) is 24.9 Å². The predicted molar refractivity (Wildman–Crippen MR) is 123 cm³/mol. The molecule has 0 fully saturated rings. The Morgan fingerprint density at radius 1 is 1.23 bits per heavy atom. The van der Waals surface area contributed by atoms with Crippen LogP contribution in [0.4, 0.5) is 0 Å². The maximum Gasteiger partial charge on any atom is 0.226 e. The van der Waals surface area contributed by atoms with Gasteiger partial charge in [0.25, 0.3) is 0 Å². The Balaban J connectivity index is 1.49. The van der Waals surface area contributed by atoms with Gasteiger partial charge in [-0.1, -0.05) is 35.9 Å². The lowest BCUT2D eigenvalue weighted by atomic mass is 10.2. The quantitative estimate of drug-likeness (QED) is 0.416. The fraction of sp³-hybridized carbons (Fsp3) is 0.238. The standard InChI is InChI=1S/C21H20ClN5OS2/c1-29-11-9-17(20-26-25-18-8-4-5-10-27(18)20)24-19(28)12-14-13-30-21(23-14)15-6-2-3-7-16(15)22/h2-8,10,13,17H,9,11-12H2,1H3,(H,24,28). The van der Waals surface area contributed by atoms with E-state index in [1.807, 2.05) is 64.7 Å². The van der Waals surface area contributed by atoms with Gasteiger partial charge in [-0.3, -0.25) is 9.20 Å². The van der Waals surface area contributed by atoms with Crippen LogP contribution in [0, 0.1) is 0 Å². The molecule has 0 aliphatic heterocycles. The lowest BCUT2D eigenvalue weighted by Crippen LogP contribution is -2.31. The van der Waals surface area contributed by atoms with Crippen LogP contribution < -0.4 is 5.32 Å². The van der Waals surface area contributed by atoms with E-state index in [0.29, 0.717) is 5.02 Å². The van der Waals surface area contributed by atoms with Gasteiger partial charge in [0.05, 0.1) is 23.2 Å². The first-order valence-electron chi connectivity index (χ1n) is 9.43. The van der Waals surface area contributed by atoms with Gasteiger partial charge in [-0.05, 0) is 36.6 Å². The average molecular weight is 458 g/mol. The van der Waals surface area contributed by atoms with Crippen LogP contribution in [-0.2, 0) is 11.2 Å². The van der Waals surface area contributed by atoms with Crippen molar-refractivity contribution >= 4 is 46.3 Å². The van der Waals surface area contributed by atoms with Crippen LogP contribution in [-0.4, -0.2) is 37.5 Å². The Morgan fingerprint density at radius 3 is 2.90 bits per heavy atom. The van der Waals surface area contributed by atoms with Crippen LogP contribution in [0.15, 0.2) is 54.0 Å². The number of halogens is 1. The van der Waals surface area contributed by atoms with E-state index >= 15 is 0 Å². The number of benzene rings is 1. The molecule has 0 spiro atoms. The van der Waals surface area contributed by atoms with Gasteiger partial charge in [0.2, 0.25) is 5.91 Å². The fourth-order valence-corrected chi connectivity index (χ4v) is 4.77. The summed E-state index contributed by atoms with van der Waals surface area (Å²) in [6.07, 6.45) is 4.93. The second-order valence-electron chi connectivity index (χ2n) is 6.69. The van der Waals surface area contributed by atoms with Crippen molar-refractivity contribution in [2.24, 2.45) is 0 Å². The highest BCUT2D eigenvalue weighted by atomic mass is 35.5. The number of nitrogens with one attached hydrogen (secondary N) is 1. The van der Waals surface area contributed by atoms with Crippen molar-refractivity contribution in [1.29, 1.82) is 0 Å². The molecule has 0 saturated heterocycles. The Labute approximate surface area is 187 Å². The lowest BCUT2D eigenvalue weighted by Gasteiger charge is -2.16. The van der Waals surface area contributed by atoms with Crippen molar-refractivity contribution in [3.05, 3.63) is 70.6 Å². The molecule has 1 aromatic carbocycles. The van der Waals surface area contributed by atoms with Gasteiger partial charge < -0.3 is 5.32 Å². The van der Waals surface area contributed by atoms with E-state index in [-0.39, 0.29) is 18.4 Å². The van der Waals surface area contributed by atoms with Gasteiger partial charge in [0.15, 0.2) is 11.5 Å². The molecule has 3 heterocycles. The van der Waals surface area contributed by atoms with Crippen LogP contribution in [0.2, 0.25) is 5.02 Å². The van der Waals surface area contributed by atoms with Crippen LogP contribution in [0.3, 0.4) is 0 Å². The highest BCUT2D eigenvalue weighted by molar-refractivity contribution is 7.98. The molecule has 4 rings (SSSR count). The fourth-order valence-electron chi connectivity index (χ4n) is 3.16. The Hall–Kier alpha value is -2.42. The number of aromatic nitrogens is 4. The third kappa shape index (κ3) is 4.66. The van der Waals surface area contributed by atoms with Gasteiger partial charge in [-0.2, -0.15) is 11.8 Å². The smallest absolute Gasteiger partial charge is 0.226 e. The number of hydrogen-bond donors (Lipinski definition) is 1. The first-order chi connectivity index (χ1) is 14.7. The summed E-state index contributed by atoms with van der Waals surface area (Å²) in [6.45, 7) is 0. The molecular formula is C21H20ClN5OS2. The molecule has 0 radical (unpaired) electrons. The van der Waals surface area contributed by atoms with E-state index in [9.17, 15) is 4.79 Å². The highest BCUT2D eigenvalue weighted by Gasteiger charge is 2.21. The van der Waals surface area contributed by atoms with E-state index in [4.69, 9.17) is 11.6 Å². The Kier molecular flexibility index (Phi) is 6.66. The second-order valence-corrected chi connectivity index (χ2v) is 8.94. The van der Waals surface area contributed by atoms with E-state index in [2.05, 4.69) is 20.5 Å². The molecule has 1 atom stereocenters. The normalized spacial score (nSPS) is 12.2. The summed E-state index contributed by atoms with van der Waals surface area (Å²) < 4.78 is 1.92. The number of hydrogen-bond acceptors (Lipinski definition) is 6. The molecule has 1 unspecified atom stereocenters. The first kappa shape index (κ1) is 20.8. The summed E-state index contributed by atoms with van der Waals surface area (Å²) in [4.78, 5) is 17.4. The average Bonchev–Trinajstić information content (AvgIpc) is 3.38. The number of amides is 1. The monoisotopic (exact) mass is 457 g/mol. The molecule has 1 N–H and O–H groups in total. The number of pyridine rings is 1. The number of thiazole rings is 1. The first-order valence-corrected chi connectivity index (χ1v) is 12.1. The molecule has 0 aliphatic rings. The van der Waals surface area contributed by atoms with Crippen molar-refractivity contribution < 1.29 is 4.79 Å². The van der Waals surface area contributed by atoms with E-state index in [1.165, 1.54) is 11.3 Å². The van der Waals surface area contributed by atoms with Crippen LogP contribution in [0.25, 0.3) is 16.2 Å². The summed E-state index contributed by atoms with van der Waals surface area (Å²) in [5, 5.41) is 15.0. The van der Waals surface area contributed by atoms with Gasteiger partial charge in [0, 0.05) is 17.1 Å². The van der Waals surface area contributed by atoms with Crippen LogP contribution in [0.1, 0.15) is 24.0 Å². The molecule has 0 saturated carbocycles. The molecule has 3 aromatic heterocycles. The molecule has 0 bridgehead atoms. The van der Waals surface area contributed by atoms with Crippen molar-refractivity contribution in [2.75, 3.05) is 12.0 Å². The summed E-state index contributed by atoms with van der Waals surface area (Å²) >= 11 is 9.49. The Morgan fingerprint density at radius 2 is 2.07 bits per heavy atom. The number of nitrogens with zero attached hydrogens (tertiary/aromatic N) is 4. The summed E-state index contributed by atoms with van der Waals surface area (Å²) in [7, 11) is 0. The molecule has 6 nitrogen and oxygen atoms in total. The summed E-state index contributed by atoms with van der Waals surface area (Å²) in [6, 6.07) is 13.1.